The molecule has 138 valence electrons. The van der Waals surface area contributed by atoms with Crippen molar-refractivity contribution >= 4 is 15.9 Å². The molecule has 0 atom stereocenters. The molecule has 6 nitrogen and oxygen atoms in total. The number of rotatable bonds is 5. The zero-order chi connectivity index (χ0) is 19.1. The molecule has 0 radical (unpaired) electrons. The molecule has 0 aromatic heterocycles. The molecule has 0 spiro atoms. The summed E-state index contributed by atoms with van der Waals surface area (Å²) in [6.45, 7) is 15.6. The fourth-order valence-electron chi connectivity index (χ4n) is 1.75. The normalized spacial score (nSPS) is 11.2. The van der Waals surface area contributed by atoms with Crippen LogP contribution in [0.15, 0.2) is 12.1 Å². The number of amides is 1. The number of sulfonamides is 1. The van der Waals surface area contributed by atoms with Crippen LogP contribution < -0.4 is 5.48 Å². The van der Waals surface area contributed by atoms with Gasteiger partial charge in [-0.05, 0) is 13.8 Å². The summed E-state index contributed by atoms with van der Waals surface area (Å²) in [5.74, 6) is -0.991. The van der Waals surface area contributed by atoms with Gasteiger partial charge in [0.2, 0.25) is 10.0 Å². The monoisotopic (exact) mass is 444 g/mol. The molecule has 0 fully saturated rings. The van der Waals surface area contributed by atoms with Gasteiger partial charge in [0.05, 0.1) is 0 Å². The first kappa shape index (κ1) is 26.9. The molecule has 2 N–H and O–H groups in total. The third-order valence-corrected chi connectivity index (χ3v) is 6.43. The van der Waals surface area contributed by atoms with Gasteiger partial charge in [-0.25, -0.2) is 13.9 Å². The molecule has 0 heterocycles. The van der Waals surface area contributed by atoms with E-state index in [1.807, 2.05) is 12.1 Å². The molecule has 0 aliphatic carbocycles. The van der Waals surface area contributed by atoms with Crippen LogP contribution >= 0.6 is 0 Å². The van der Waals surface area contributed by atoms with Gasteiger partial charge in [0.1, 0.15) is 0 Å². The van der Waals surface area contributed by atoms with E-state index in [1.54, 1.807) is 0 Å². The predicted octanol–water partition coefficient (Wildman–Crippen LogP) is 1.98. The molecule has 0 aliphatic heterocycles. The van der Waals surface area contributed by atoms with Gasteiger partial charge < -0.3 is 13.8 Å². The number of aryl methyl sites for hydroxylation is 2. The van der Waals surface area contributed by atoms with Crippen LogP contribution in [0.3, 0.4) is 0 Å². The van der Waals surface area contributed by atoms with Crippen molar-refractivity contribution < 1.29 is 51.1 Å². The van der Waals surface area contributed by atoms with Crippen LogP contribution in [0.1, 0.15) is 30.5 Å². The van der Waals surface area contributed by atoms with E-state index >= 15 is 0 Å². The number of benzene rings is 1. The van der Waals surface area contributed by atoms with Gasteiger partial charge in [-0.15, -0.1) is 13.1 Å². The minimum Gasteiger partial charge on any atom is -0.329 e. The van der Waals surface area contributed by atoms with Crippen molar-refractivity contribution in [2.45, 2.75) is 39.4 Å². The second-order valence-electron chi connectivity index (χ2n) is 5.80. The standard InChI is InChI=1S/C9H11.C8H16N2O4S.Y/c1-7-5-4-6-8(2)9(7)3;1-5-10(6-2)15(13,14)8(3,4)7(11)9-12;/h5-6H,1-3H3;12H,1-2,5-6H2,3-4H3,(H,9,11);/q-1;-2;+3. The Kier molecular flexibility index (Phi) is 12.3. The van der Waals surface area contributed by atoms with E-state index in [4.69, 9.17) is 5.21 Å². The molecular weight excluding hydrogens is 417 g/mol. The fraction of sp³-hybridized carbons (Fsp3) is 0.471. The summed E-state index contributed by atoms with van der Waals surface area (Å²) < 4.78 is 23.0. The van der Waals surface area contributed by atoms with Crippen molar-refractivity contribution in [1.82, 2.24) is 9.79 Å². The van der Waals surface area contributed by atoms with E-state index in [1.165, 1.54) is 36.0 Å². The maximum absolute atomic E-state index is 11.9. The van der Waals surface area contributed by atoms with E-state index in [2.05, 4.69) is 40.7 Å². The van der Waals surface area contributed by atoms with Crippen molar-refractivity contribution in [3.63, 3.8) is 0 Å². The SMILES string of the molecule is Cc1c[c-]cc(C)c1C.[CH2-]CN(C[CH2-])S(=O)(=O)C(C)(C)C(=O)NO.[Y+3]. The second kappa shape index (κ2) is 11.4. The van der Waals surface area contributed by atoms with Crippen molar-refractivity contribution in [1.29, 1.82) is 0 Å². The van der Waals surface area contributed by atoms with Crippen LogP contribution in [0.4, 0.5) is 0 Å². The molecule has 1 aromatic carbocycles. The van der Waals surface area contributed by atoms with Gasteiger partial charge in [-0.1, -0.05) is 20.8 Å². The predicted molar refractivity (Wildman–Crippen MR) is 94.7 cm³/mol. The van der Waals surface area contributed by atoms with Crippen LogP contribution in [0.2, 0.25) is 0 Å². The second-order valence-corrected chi connectivity index (χ2v) is 8.29. The van der Waals surface area contributed by atoms with Crippen LogP contribution in [-0.2, 0) is 47.5 Å². The molecule has 1 amide bonds. The van der Waals surface area contributed by atoms with Crippen molar-refractivity contribution in [2.75, 3.05) is 13.1 Å². The van der Waals surface area contributed by atoms with E-state index in [9.17, 15) is 13.2 Å². The molecule has 0 unspecified atom stereocenters. The van der Waals surface area contributed by atoms with Gasteiger partial charge in [-0.2, -0.15) is 34.9 Å². The Bertz CT molecular complexity index is 636. The summed E-state index contributed by atoms with van der Waals surface area (Å²) in [4.78, 5) is 11.2. The van der Waals surface area contributed by atoms with Crippen molar-refractivity contribution in [2.24, 2.45) is 0 Å². The molecule has 1 aromatic rings. The molecule has 0 saturated heterocycles. The van der Waals surface area contributed by atoms with Crippen LogP contribution in [-0.4, -0.2) is 41.7 Å². The Hall–Kier alpha value is -0.336. The Morgan fingerprint density at radius 3 is 1.88 bits per heavy atom. The van der Waals surface area contributed by atoms with E-state index in [0.29, 0.717) is 0 Å². The number of nitrogens with zero attached hydrogens (tertiary/aromatic N) is 1. The molecule has 8 heteroatoms. The summed E-state index contributed by atoms with van der Waals surface area (Å²) in [5, 5.41) is 8.45. The Labute approximate surface area is 177 Å². The van der Waals surface area contributed by atoms with Crippen LogP contribution in [0.5, 0.6) is 0 Å². The van der Waals surface area contributed by atoms with Gasteiger partial charge >= 0.3 is 32.7 Å². The van der Waals surface area contributed by atoms with Crippen molar-refractivity contribution in [3.8, 4) is 0 Å². The molecule has 0 bridgehead atoms. The summed E-state index contributed by atoms with van der Waals surface area (Å²) >= 11 is 0. The van der Waals surface area contributed by atoms with Crippen molar-refractivity contribution in [3.05, 3.63) is 48.7 Å². The fourth-order valence-corrected chi connectivity index (χ4v) is 3.15. The summed E-state index contributed by atoms with van der Waals surface area (Å²) in [6, 6.07) is 7.10. The van der Waals surface area contributed by atoms with Gasteiger partial charge in [0.15, 0.2) is 4.75 Å². The number of hydrogen-bond donors (Lipinski definition) is 2. The topological polar surface area (TPSA) is 86.7 Å². The number of carbonyl (C=O) groups excluding carboxylic acids is 1. The minimum absolute atomic E-state index is 0. The summed E-state index contributed by atoms with van der Waals surface area (Å²) in [5.41, 5.74) is 5.37. The Morgan fingerprint density at radius 1 is 1.20 bits per heavy atom. The first-order valence-electron chi connectivity index (χ1n) is 7.43. The summed E-state index contributed by atoms with van der Waals surface area (Å²) in [7, 11) is -3.88. The first-order valence-corrected chi connectivity index (χ1v) is 8.87. The summed E-state index contributed by atoms with van der Waals surface area (Å²) in [6.07, 6.45) is 0. The van der Waals surface area contributed by atoms with Gasteiger partial charge in [0.25, 0.3) is 5.91 Å². The molecule has 25 heavy (non-hydrogen) atoms. The number of carbonyl (C=O) groups is 1. The average molecular weight is 444 g/mol. The zero-order valence-corrected chi connectivity index (χ0v) is 19.2. The smallest absolute Gasteiger partial charge is 0.329 e. The quantitative estimate of drug-likeness (QED) is 0.413. The van der Waals surface area contributed by atoms with E-state index < -0.39 is 20.7 Å². The van der Waals surface area contributed by atoms with Crippen LogP contribution in [0, 0.1) is 40.7 Å². The van der Waals surface area contributed by atoms with Gasteiger partial charge in [0, 0.05) is 0 Å². The van der Waals surface area contributed by atoms with Crippen LogP contribution in [0.25, 0.3) is 0 Å². The Morgan fingerprint density at radius 2 is 1.60 bits per heavy atom. The maximum atomic E-state index is 11.9. The molecular formula is C17H27N2O4SY. The third kappa shape index (κ3) is 6.72. The average Bonchev–Trinajstić information content (AvgIpc) is 2.53. The third-order valence-electron chi connectivity index (χ3n) is 3.91. The molecule has 0 aliphatic rings. The largest absolute Gasteiger partial charge is 3.00 e. The molecule has 1 rings (SSSR count). The van der Waals surface area contributed by atoms with E-state index in [-0.39, 0.29) is 45.8 Å². The number of nitrogens with one attached hydrogen (secondary N) is 1. The Balaban J connectivity index is 0. The minimum atomic E-state index is -3.88. The van der Waals surface area contributed by atoms with E-state index in [0.717, 1.165) is 4.31 Å². The maximum Gasteiger partial charge on any atom is 3.00 e. The molecule has 0 saturated carbocycles. The number of hydroxylamine groups is 1. The number of hydrogen-bond acceptors (Lipinski definition) is 4. The van der Waals surface area contributed by atoms with Gasteiger partial charge in [-0.3, -0.25) is 14.3 Å². The zero-order valence-electron chi connectivity index (χ0n) is 15.6. The first-order chi connectivity index (χ1) is 11.0.